The van der Waals surface area contributed by atoms with E-state index in [-0.39, 0.29) is 6.03 Å². The average molecular weight is 303 g/mol. The molecule has 0 aromatic heterocycles. The van der Waals surface area contributed by atoms with Crippen molar-refractivity contribution in [2.24, 2.45) is 0 Å². The first-order valence-corrected chi connectivity index (χ1v) is 7.30. The van der Waals surface area contributed by atoms with Crippen molar-refractivity contribution in [3.63, 3.8) is 0 Å². The van der Waals surface area contributed by atoms with Crippen LogP contribution in [0, 0.1) is 13.8 Å². The normalized spacial score (nSPS) is 10.3. The molecule has 4 heteroatoms. The fraction of sp³-hybridized carbons (Fsp3) is 0.235. The van der Waals surface area contributed by atoms with Crippen LogP contribution in [-0.4, -0.2) is 12.6 Å². The second-order valence-corrected chi connectivity index (χ2v) is 5.38. The summed E-state index contributed by atoms with van der Waals surface area (Å²) in [5, 5.41) is 3.53. The largest absolute Gasteiger partial charge is 0.326 e. The van der Waals surface area contributed by atoms with E-state index in [4.69, 9.17) is 11.6 Å². The molecule has 1 N–H and O–H groups in total. The molecule has 110 valence electrons. The van der Waals surface area contributed by atoms with E-state index in [1.165, 1.54) is 0 Å². The summed E-state index contributed by atoms with van der Waals surface area (Å²) >= 11 is 6.08. The third-order valence-corrected chi connectivity index (χ3v) is 3.71. The van der Waals surface area contributed by atoms with Crippen molar-refractivity contribution >= 4 is 29.0 Å². The lowest BCUT2D eigenvalue weighted by Crippen LogP contribution is -2.34. The minimum Gasteiger partial charge on any atom is -0.307 e. The summed E-state index contributed by atoms with van der Waals surface area (Å²) in [5.41, 5.74) is 3.69. The number of amides is 2. The minimum absolute atomic E-state index is 0.164. The highest BCUT2D eigenvalue weighted by atomic mass is 35.5. The van der Waals surface area contributed by atoms with Gasteiger partial charge in [-0.15, -0.1) is 0 Å². The number of nitrogens with one attached hydrogen (secondary N) is 1. The second kappa shape index (κ2) is 6.64. The molecule has 2 amide bonds. The van der Waals surface area contributed by atoms with E-state index in [2.05, 4.69) is 5.32 Å². The maximum absolute atomic E-state index is 12.4. The van der Waals surface area contributed by atoms with E-state index in [1.54, 1.807) is 11.0 Å². The molecule has 0 atom stereocenters. The molecule has 0 radical (unpaired) electrons. The van der Waals surface area contributed by atoms with Gasteiger partial charge in [0.1, 0.15) is 0 Å². The number of benzene rings is 2. The number of nitrogens with zero attached hydrogens (tertiary/aromatic N) is 1. The van der Waals surface area contributed by atoms with Gasteiger partial charge >= 0.3 is 6.03 Å². The highest BCUT2D eigenvalue weighted by Crippen LogP contribution is 2.21. The Labute approximate surface area is 130 Å². The second-order valence-electron chi connectivity index (χ2n) is 4.98. The number of anilines is 2. The highest BCUT2D eigenvalue weighted by Gasteiger charge is 2.14. The van der Waals surface area contributed by atoms with Crippen LogP contribution in [0.2, 0.25) is 5.02 Å². The Bertz CT molecular complexity index is 655. The Kier molecular flexibility index (Phi) is 4.86. The molecule has 0 saturated heterocycles. The fourth-order valence-electron chi connectivity index (χ4n) is 2.10. The maximum atomic E-state index is 12.4. The molecule has 0 bridgehead atoms. The number of hydrogen-bond donors (Lipinski definition) is 1. The quantitative estimate of drug-likeness (QED) is 0.848. The standard InChI is InChI=1S/C17H19ClN2O/c1-4-20(15-7-5-6-12(2)10-15)17(21)19-14-9-8-13(3)16(18)11-14/h5-11H,4H2,1-3H3,(H,19,21). The van der Waals surface area contributed by atoms with Gasteiger partial charge in [0.05, 0.1) is 0 Å². The van der Waals surface area contributed by atoms with Gasteiger partial charge in [0, 0.05) is 22.9 Å². The number of aryl methyl sites for hydroxylation is 2. The summed E-state index contributed by atoms with van der Waals surface area (Å²) in [6, 6.07) is 13.2. The van der Waals surface area contributed by atoms with Gasteiger partial charge in [-0.05, 0) is 56.2 Å². The zero-order chi connectivity index (χ0) is 15.4. The third-order valence-electron chi connectivity index (χ3n) is 3.30. The molecule has 0 saturated carbocycles. The first-order valence-electron chi connectivity index (χ1n) is 6.92. The summed E-state index contributed by atoms with van der Waals surface area (Å²) in [6.45, 7) is 6.48. The molecule has 0 heterocycles. The van der Waals surface area contributed by atoms with Crippen molar-refractivity contribution in [2.45, 2.75) is 20.8 Å². The van der Waals surface area contributed by atoms with Gasteiger partial charge in [-0.2, -0.15) is 0 Å². The molecular weight excluding hydrogens is 284 g/mol. The number of carbonyl (C=O) groups is 1. The summed E-state index contributed by atoms with van der Waals surface area (Å²) in [4.78, 5) is 14.1. The van der Waals surface area contributed by atoms with Crippen molar-refractivity contribution in [1.29, 1.82) is 0 Å². The molecule has 3 nitrogen and oxygen atoms in total. The smallest absolute Gasteiger partial charge is 0.307 e. The average Bonchev–Trinajstić information content (AvgIpc) is 2.44. The van der Waals surface area contributed by atoms with Gasteiger partial charge < -0.3 is 5.32 Å². The molecule has 0 unspecified atom stereocenters. The number of hydrogen-bond acceptors (Lipinski definition) is 1. The summed E-state index contributed by atoms with van der Waals surface area (Å²) in [6.07, 6.45) is 0. The highest BCUT2D eigenvalue weighted by molar-refractivity contribution is 6.31. The zero-order valence-electron chi connectivity index (χ0n) is 12.5. The van der Waals surface area contributed by atoms with E-state index in [0.717, 1.165) is 16.8 Å². The molecule has 0 fully saturated rings. The van der Waals surface area contributed by atoms with E-state index in [1.807, 2.05) is 57.2 Å². The summed E-state index contributed by atoms with van der Waals surface area (Å²) in [7, 11) is 0. The monoisotopic (exact) mass is 302 g/mol. The first kappa shape index (κ1) is 15.4. The van der Waals surface area contributed by atoms with Gasteiger partial charge in [-0.1, -0.05) is 29.8 Å². The predicted molar refractivity (Wildman–Crippen MR) is 89.4 cm³/mol. The van der Waals surface area contributed by atoms with Gasteiger partial charge in [-0.25, -0.2) is 4.79 Å². The van der Waals surface area contributed by atoms with Crippen LogP contribution in [0.1, 0.15) is 18.1 Å². The lowest BCUT2D eigenvalue weighted by Gasteiger charge is -2.22. The van der Waals surface area contributed by atoms with Crippen molar-refractivity contribution in [1.82, 2.24) is 0 Å². The first-order chi connectivity index (χ1) is 10.0. The maximum Gasteiger partial charge on any atom is 0.326 e. The van der Waals surface area contributed by atoms with Crippen LogP contribution >= 0.6 is 11.6 Å². The van der Waals surface area contributed by atoms with Crippen molar-refractivity contribution in [2.75, 3.05) is 16.8 Å². The Balaban J connectivity index is 2.18. The van der Waals surface area contributed by atoms with Crippen LogP contribution in [-0.2, 0) is 0 Å². The molecule has 2 aromatic rings. The van der Waals surface area contributed by atoms with Crippen LogP contribution in [0.25, 0.3) is 0 Å². The Morgan fingerprint density at radius 1 is 1.19 bits per heavy atom. The summed E-state index contributed by atoms with van der Waals surface area (Å²) in [5.74, 6) is 0. The lowest BCUT2D eigenvalue weighted by molar-refractivity contribution is 0.257. The van der Waals surface area contributed by atoms with Gasteiger partial charge in [0.15, 0.2) is 0 Å². The van der Waals surface area contributed by atoms with Gasteiger partial charge in [0.2, 0.25) is 0 Å². The SMILES string of the molecule is CCN(C(=O)Nc1ccc(C)c(Cl)c1)c1cccc(C)c1. The molecule has 2 rings (SSSR count). The third kappa shape index (κ3) is 3.76. The fourth-order valence-corrected chi connectivity index (χ4v) is 2.28. The molecule has 2 aromatic carbocycles. The predicted octanol–water partition coefficient (Wildman–Crippen LogP) is 5.02. The molecule has 0 aliphatic carbocycles. The van der Waals surface area contributed by atoms with Crippen molar-refractivity contribution in [3.05, 3.63) is 58.6 Å². The van der Waals surface area contributed by atoms with Crippen molar-refractivity contribution in [3.8, 4) is 0 Å². The number of carbonyl (C=O) groups excluding carboxylic acids is 1. The molecule has 0 spiro atoms. The topological polar surface area (TPSA) is 32.3 Å². The zero-order valence-corrected chi connectivity index (χ0v) is 13.2. The number of halogens is 1. The van der Waals surface area contributed by atoms with Crippen LogP contribution in [0.3, 0.4) is 0 Å². The number of rotatable bonds is 3. The van der Waals surface area contributed by atoms with E-state index >= 15 is 0 Å². The van der Waals surface area contributed by atoms with Crippen LogP contribution < -0.4 is 10.2 Å². The van der Waals surface area contributed by atoms with Crippen molar-refractivity contribution < 1.29 is 4.79 Å². The molecule has 0 aliphatic rings. The Morgan fingerprint density at radius 3 is 2.57 bits per heavy atom. The van der Waals surface area contributed by atoms with Gasteiger partial charge in [0.25, 0.3) is 0 Å². The van der Waals surface area contributed by atoms with Crippen LogP contribution in [0.4, 0.5) is 16.2 Å². The minimum atomic E-state index is -0.164. The van der Waals surface area contributed by atoms with Gasteiger partial charge in [-0.3, -0.25) is 4.90 Å². The Morgan fingerprint density at radius 2 is 1.95 bits per heavy atom. The molecule has 21 heavy (non-hydrogen) atoms. The molecule has 0 aliphatic heterocycles. The Hall–Kier alpha value is -2.00. The summed E-state index contributed by atoms with van der Waals surface area (Å²) < 4.78 is 0. The van der Waals surface area contributed by atoms with E-state index < -0.39 is 0 Å². The van der Waals surface area contributed by atoms with Crippen LogP contribution in [0.5, 0.6) is 0 Å². The lowest BCUT2D eigenvalue weighted by atomic mass is 10.2. The number of urea groups is 1. The van der Waals surface area contributed by atoms with E-state index in [0.29, 0.717) is 17.3 Å². The van der Waals surface area contributed by atoms with E-state index in [9.17, 15) is 4.79 Å². The van der Waals surface area contributed by atoms with Crippen LogP contribution in [0.15, 0.2) is 42.5 Å². The molecular formula is C17H19ClN2O.